The molecule has 0 aliphatic rings. The molecule has 0 aliphatic heterocycles. The number of aliphatic hydroxyl groups excluding tert-OH is 1. The molecule has 21 heavy (non-hydrogen) atoms. The van der Waals surface area contributed by atoms with E-state index < -0.39 is 0 Å². The molecule has 0 saturated carbocycles. The van der Waals surface area contributed by atoms with Gasteiger partial charge in [-0.3, -0.25) is 0 Å². The SMILES string of the molecule is CCC(C)c1nc(N(CC)c2cccc(F)c2)sc1CO. The van der Waals surface area contributed by atoms with Gasteiger partial charge in [0, 0.05) is 12.2 Å². The van der Waals surface area contributed by atoms with Crippen LogP contribution in [0.5, 0.6) is 0 Å². The minimum atomic E-state index is -0.257. The molecule has 0 saturated heterocycles. The van der Waals surface area contributed by atoms with Crippen molar-refractivity contribution < 1.29 is 9.50 Å². The van der Waals surface area contributed by atoms with Crippen molar-refractivity contribution >= 4 is 22.2 Å². The largest absolute Gasteiger partial charge is 0.391 e. The van der Waals surface area contributed by atoms with E-state index in [1.807, 2.05) is 17.9 Å². The van der Waals surface area contributed by atoms with Crippen LogP contribution >= 0.6 is 11.3 Å². The van der Waals surface area contributed by atoms with Crippen molar-refractivity contribution in [2.45, 2.75) is 39.7 Å². The van der Waals surface area contributed by atoms with Gasteiger partial charge >= 0.3 is 0 Å². The van der Waals surface area contributed by atoms with E-state index in [4.69, 9.17) is 4.98 Å². The first-order valence-electron chi connectivity index (χ1n) is 7.24. The summed E-state index contributed by atoms with van der Waals surface area (Å²) in [6, 6.07) is 6.51. The summed E-state index contributed by atoms with van der Waals surface area (Å²) in [5.74, 6) is 0.0513. The minimum absolute atomic E-state index is 0.00194. The molecule has 0 aliphatic carbocycles. The highest BCUT2D eigenvalue weighted by molar-refractivity contribution is 7.15. The van der Waals surface area contributed by atoms with Crippen molar-refractivity contribution in [3.63, 3.8) is 0 Å². The molecule has 2 rings (SSSR count). The summed E-state index contributed by atoms with van der Waals surface area (Å²) in [4.78, 5) is 7.56. The van der Waals surface area contributed by atoms with Crippen molar-refractivity contribution in [3.05, 3.63) is 40.7 Å². The van der Waals surface area contributed by atoms with Gasteiger partial charge in [-0.15, -0.1) is 0 Å². The topological polar surface area (TPSA) is 36.4 Å². The minimum Gasteiger partial charge on any atom is -0.391 e. The zero-order chi connectivity index (χ0) is 15.4. The third kappa shape index (κ3) is 3.41. The van der Waals surface area contributed by atoms with Crippen LogP contribution in [0.1, 0.15) is 43.7 Å². The first-order valence-corrected chi connectivity index (χ1v) is 8.05. The Morgan fingerprint density at radius 2 is 2.14 bits per heavy atom. The highest BCUT2D eigenvalue weighted by Gasteiger charge is 2.19. The van der Waals surface area contributed by atoms with Gasteiger partial charge in [0.05, 0.1) is 17.2 Å². The van der Waals surface area contributed by atoms with Crippen molar-refractivity contribution in [2.24, 2.45) is 0 Å². The number of anilines is 2. The van der Waals surface area contributed by atoms with Crippen molar-refractivity contribution in [1.29, 1.82) is 0 Å². The van der Waals surface area contributed by atoms with E-state index in [2.05, 4.69) is 13.8 Å². The van der Waals surface area contributed by atoms with Crippen LogP contribution in [-0.2, 0) is 6.61 Å². The first-order chi connectivity index (χ1) is 10.1. The lowest BCUT2D eigenvalue weighted by atomic mass is 10.0. The van der Waals surface area contributed by atoms with Crippen molar-refractivity contribution in [1.82, 2.24) is 4.98 Å². The molecule has 0 radical (unpaired) electrons. The molecule has 0 bridgehead atoms. The zero-order valence-electron chi connectivity index (χ0n) is 12.6. The number of benzene rings is 1. The lowest BCUT2D eigenvalue weighted by Gasteiger charge is -2.20. The summed E-state index contributed by atoms with van der Waals surface area (Å²) < 4.78 is 13.4. The fourth-order valence-electron chi connectivity index (χ4n) is 2.23. The summed E-state index contributed by atoms with van der Waals surface area (Å²) >= 11 is 1.48. The summed E-state index contributed by atoms with van der Waals surface area (Å²) in [7, 11) is 0. The maximum atomic E-state index is 13.4. The molecule has 0 amide bonds. The average Bonchev–Trinajstić information content (AvgIpc) is 2.91. The predicted molar refractivity (Wildman–Crippen MR) is 85.8 cm³/mol. The van der Waals surface area contributed by atoms with E-state index in [1.54, 1.807) is 6.07 Å². The summed E-state index contributed by atoms with van der Waals surface area (Å²) in [5, 5.41) is 10.3. The second-order valence-corrected chi connectivity index (χ2v) is 6.06. The molecule has 0 fully saturated rings. The van der Waals surface area contributed by atoms with Gasteiger partial charge in [0.15, 0.2) is 5.13 Å². The standard InChI is InChI=1S/C16H21FN2OS/c1-4-11(3)15-14(10-20)21-16(18-15)19(5-2)13-8-6-7-12(17)9-13/h6-9,11,20H,4-5,10H2,1-3H3. The Morgan fingerprint density at radius 1 is 1.38 bits per heavy atom. The quantitative estimate of drug-likeness (QED) is 0.856. The number of rotatable bonds is 6. The normalized spacial score (nSPS) is 12.4. The Bertz CT molecular complexity index is 600. The molecule has 114 valence electrons. The number of hydrogen-bond acceptors (Lipinski definition) is 4. The van der Waals surface area contributed by atoms with Crippen LogP contribution in [0.25, 0.3) is 0 Å². The van der Waals surface area contributed by atoms with Gasteiger partial charge in [-0.05, 0) is 37.5 Å². The van der Waals surface area contributed by atoms with Gasteiger partial charge in [0.25, 0.3) is 0 Å². The predicted octanol–water partition coefficient (Wildman–Crippen LogP) is 4.45. The van der Waals surface area contributed by atoms with Gasteiger partial charge in [0.1, 0.15) is 5.82 Å². The van der Waals surface area contributed by atoms with Gasteiger partial charge in [-0.25, -0.2) is 9.37 Å². The number of aromatic nitrogens is 1. The number of thiazole rings is 1. The molecular weight excluding hydrogens is 287 g/mol. The number of hydrogen-bond donors (Lipinski definition) is 1. The Morgan fingerprint density at radius 3 is 2.71 bits per heavy atom. The van der Waals surface area contributed by atoms with E-state index >= 15 is 0 Å². The summed E-state index contributed by atoms with van der Waals surface area (Å²) in [6.45, 7) is 6.92. The smallest absolute Gasteiger partial charge is 0.190 e. The fraction of sp³-hybridized carbons (Fsp3) is 0.438. The molecule has 5 heteroatoms. The van der Waals surface area contributed by atoms with Crippen LogP contribution < -0.4 is 4.90 Å². The third-order valence-corrected chi connectivity index (χ3v) is 4.68. The van der Waals surface area contributed by atoms with Gasteiger partial charge in [-0.2, -0.15) is 0 Å². The van der Waals surface area contributed by atoms with Crippen LogP contribution in [0.2, 0.25) is 0 Å². The average molecular weight is 308 g/mol. The Labute approximate surface area is 129 Å². The molecule has 1 N–H and O–H groups in total. The summed E-state index contributed by atoms with van der Waals surface area (Å²) in [5.41, 5.74) is 1.74. The molecule has 1 aromatic carbocycles. The van der Waals surface area contributed by atoms with E-state index in [-0.39, 0.29) is 12.4 Å². The highest BCUT2D eigenvalue weighted by Crippen LogP contribution is 2.35. The monoisotopic (exact) mass is 308 g/mol. The Kier molecular flexibility index (Phi) is 5.31. The molecule has 3 nitrogen and oxygen atoms in total. The van der Waals surface area contributed by atoms with Crippen LogP contribution in [0.15, 0.2) is 24.3 Å². The van der Waals surface area contributed by atoms with E-state index in [0.29, 0.717) is 12.5 Å². The zero-order valence-corrected chi connectivity index (χ0v) is 13.5. The lowest BCUT2D eigenvalue weighted by Crippen LogP contribution is -2.16. The van der Waals surface area contributed by atoms with E-state index in [9.17, 15) is 9.50 Å². The van der Waals surface area contributed by atoms with Crippen LogP contribution in [0.4, 0.5) is 15.2 Å². The first kappa shape index (κ1) is 15.9. The number of halogens is 1. The molecule has 1 heterocycles. The van der Waals surface area contributed by atoms with Crippen LogP contribution in [-0.4, -0.2) is 16.6 Å². The molecule has 2 aromatic rings. The van der Waals surface area contributed by atoms with Gasteiger partial charge < -0.3 is 10.0 Å². The van der Waals surface area contributed by atoms with Crippen molar-refractivity contribution in [2.75, 3.05) is 11.4 Å². The number of nitrogens with zero attached hydrogens (tertiary/aromatic N) is 2. The van der Waals surface area contributed by atoms with E-state index in [0.717, 1.165) is 27.8 Å². The van der Waals surface area contributed by atoms with Gasteiger partial charge in [-0.1, -0.05) is 31.3 Å². The Balaban J connectivity index is 2.41. The van der Waals surface area contributed by atoms with Gasteiger partial charge in [0.2, 0.25) is 0 Å². The molecular formula is C16H21FN2OS. The lowest BCUT2D eigenvalue weighted by molar-refractivity contribution is 0.283. The van der Waals surface area contributed by atoms with E-state index in [1.165, 1.54) is 23.5 Å². The maximum absolute atomic E-state index is 13.4. The van der Waals surface area contributed by atoms with Crippen molar-refractivity contribution in [3.8, 4) is 0 Å². The fourth-order valence-corrected chi connectivity index (χ4v) is 3.36. The third-order valence-electron chi connectivity index (χ3n) is 3.61. The number of aliphatic hydroxyl groups is 1. The molecule has 1 aromatic heterocycles. The second-order valence-electron chi connectivity index (χ2n) is 5.00. The second kappa shape index (κ2) is 7.00. The maximum Gasteiger partial charge on any atom is 0.190 e. The molecule has 0 spiro atoms. The Hall–Kier alpha value is -1.46. The highest BCUT2D eigenvalue weighted by atomic mass is 32.1. The summed E-state index contributed by atoms with van der Waals surface area (Å²) in [6.07, 6.45) is 0.974. The molecule has 1 atom stereocenters. The molecule has 1 unspecified atom stereocenters. The van der Waals surface area contributed by atoms with Crippen LogP contribution in [0.3, 0.4) is 0 Å². The van der Waals surface area contributed by atoms with Crippen LogP contribution in [0, 0.1) is 5.82 Å².